The number of pyridine rings is 2. The lowest BCUT2D eigenvalue weighted by molar-refractivity contribution is -0.137. The van der Waals surface area contributed by atoms with E-state index in [1.165, 1.54) is 24.4 Å². The van der Waals surface area contributed by atoms with Crippen LogP contribution in [0.1, 0.15) is 42.8 Å². The van der Waals surface area contributed by atoms with Gasteiger partial charge >= 0.3 is 6.18 Å². The summed E-state index contributed by atoms with van der Waals surface area (Å²) < 4.78 is 62.6. The number of fused-ring (bicyclic) bond motifs is 1. The van der Waals surface area contributed by atoms with Gasteiger partial charge in [-0.15, -0.1) is 0 Å². The van der Waals surface area contributed by atoms with Gasteiger partial charge in [0.1, 0.15) is 5.65 Å². The van der Waals surface area contributed by atoms with Gasteiger partial charge < -0.3 is 18.9 Å². The topological polar surface area (TPSA) is 80.3 Å². The van der Waals surface area contributed by atoms with Gasteiger partial charge in [-0.05, 0) is 63.2 Å². The lowest BCUT2D eigenvalue weighted by Crippen LogP contribution is -2.30. The van der Waals surface area contributed by atoms with Crippen LogP contribution < -0.4 is 10.3 Å². The van der Waals surface area contributed by atoms with Gasteiger partial charge in [-0.3, -0.25) is 4.79 Å². The zero-order valence-electron chi connectivity index (χ0n) is 25.1. The number of alkyl halides is 3. The highest BCUT2D eigenvalue weighted by atomic mass is 19.4. The summed E-state index contributed by atoms with van der Waals surface area (Å²) in [5.41, 5.74) is -0.270. The first-order valence-electron chi connectivity index (χ1n) is 14.7. The number of hydrogen-bond donors (Lipinski definition) is 0. The number of nitrogens with zero attached hydrogens (tertiary/aromatic N) is 6. The molecular weight excluding hydrogens is 588 g/mol. The van der Waals surface area contributed by atoms with Crippen molar-refractivity contribution in [1.29, 1.82) is 0 Å². The van der Waals surface area contributed by atoms with Crippen LogP contribution in [0.5, 0.6) is 0 Å². The average Bonchev–Trinajstić information content (AvgIpc) is 3.42. The summed E-state index contributed by atoms with van der Waals surface area (Å²) in [6.07, 6.45) is -2.15. The Morgan fingerprint density at radius 2 is 1.64 bits per heavy atom. The molecule has 0 unspecified atom stereocenters. The zero-order valence-corrected chi connectivity index (χ0v) is 25.1. The molecule has 2 aromatic carbocycles. The highest BCUT2D eigenvalue weighted by Crippen LogP contribution is 2.32. The second kappa shape index (κ2) is 11.7. The number of benzene rings is 2. The Kier molecular flexibility index (Phi) is 7.94. The molecule has 1 aliphatic rings. The molecule has 0 bridgehead atoms. The third-order valence-corrected chi connectivity index (χ3v) is 8.33. The van der Waals surface area contributed by atoms with Crippen LogP contribution in [-0.2, 0) is 18.1 Å². The Balaban J connectivity index is 1.47. The summed E-state index contributed by atoms with van der Waals surface area (Å²) in [6.45, 7) is 6.62. The van der Waals surface area contributed by atoms with Gasteiger partial charge in [0.15, 0.2) is 11.6 Å². The van der Waals surface area contributed by atoms with Gasteiger partial charge in [0.2, 0.25) is 17.1 Å². The first-order valence-corrected chi connectivity index (χ1v) is 14.7. The Hall–Kier alpha value is -4.58. The van der Waals surface area contributed by atoms with Crippen molar-refractivity contribution in [2.45, 2.75) is 38.4 Å². The van der Waals surface area contributed by atoms with E-state index in [-0.39, 0.29) is 40.7 Å². The van der Waals surface area contributed by atoms with Gasteiger partial charge in [0.25, 0.3) is 0 Å². The van der Waals surface area contributed by atoms with Crippen LogP contribution in [0.3, 0.4) is 0 Å². The average molecular weight is 621 g/mol. The number of likely N-dealkylation sites (N-methyl/N-ethyl adjacent to an activating group) is 1. The second-order valence-electron chi connectivity index (χ2n) is 11.9. The molecule has 0 radical (unpaired) electrons. The molecule has 0 N–H and O–H groups in total. The van der Waals surface area contributed by atoms with E-state index in [2.05, 4.69) is 20.0 Å². The number of aromatic nitrogens is 4. The smallest absolute Gasteiger partial charge is 0.353 e. The zero-order chi connectivity index (χ0) is 31.9. The number of hydrogen-bond acceptors (Lipinski definition) is 7. The van der Waals surface area contributed by atoms with Crippen molar-refractivity contribution in [3.05, 3.63) is 105 Å². The van der Waals surface area contributed by atoms with Crippen molar-refractivity contribution in [3.8, 4) is 11.4 Å². The molecule has 4 heterocycles. The van der Waals surface area contributed by atoms with Crippen molar-refractivity contribution >= 4 is 16.9 Å². The van der Waals surface area contributed by atoms with Crippen LogP contribution in [0.15, 0.2) is 76.2 Å². The summed E-state index contributed by atoms with van der Waals surface area (Å²) in [5.74, 6) is -0.218. The quantitative estimate of drug-likeness (QED) is 0.212. The van der Waals surface area contributed by atoms with Crippen LogP contribution in [0.25, 0.3) is 22.4 Å². The van der Waals surface area contributed by atoms with Crippen molar-refractivity contribution in [2.75, 3.05) is 38.1 Å². The predicted molar refractivity (Wildman–Crippen MR) is 163 cm³/mol. The minimum absolute atomic E-state index is 0.00118. The van der Waals surface area contributed by atoms with Gasteiger partial charge in [0.05, 0.1) is 21.9 Å². The molecular formula is C33H32F4N6O2. The molecule has 0 saturated carbocycles. The normalized spacial score (nSPS) is 15.0. The highest BCUT2D eigenvalue weighted by molar-refractivity contribution is 5.82. The fraction of sp³-hybridized carbons (Fsp3) is 0.333. The second-order valence-corrected chi connectivity index (χ2v) is 11.9. The molecule has 6 rings (SSSR count). The molecule has 12 heteroatoms. The monoisotopic (exact) mass is 620 g/mol. The first kappa shape index (κ1) is 30.4. The van der Waals surface area contributed by atoms with E-state index in [9.17, 15) is 18.0 Å². The maximum atomic E-state index is 15.7. The minimum atomic E-state index is -4.48. The highest BCUT2D eigenvalue weighted by Gasteiger charge is 2.32. The Labute approximate surface area is 256 Å². The Morgan fingerprint density at radius 1 is 0.911 bits per heavy atom. The maximum absolute atomic E-state index is 15.7. The summed E-state index contributed by atoms with van der Waals surface area (Å²) in [5, 5.41) is 4.11. The van der Waals surface area contributed by atoms with Crippen molar-refractivity contribution in [1.82, 2.24) is 24.6 Å². The van der Waals surface area contributed by atoms with Crippen LogP contribution in [0, 0.1) is 5.82 Å². The lowest BCUT2D eigenvalue weighted by Gasteiger charge is -2.23. The van der Waals surface area contributed by atoms with E-state index < -0.39 is 28.4 Å². The predicted octanol–water partition coefficient (Wildman–Crippen LogP) is 6.12. The maximum Gasteiger partial charge on any atom is 0.416 e. The van der Waals surface area contributed by atoms with Crippen LogP contribution >= 0.6 is 0 Å². The van der Waals surface area contributed by atoms with E-state index in [4.69, 9.17) is 4.52 Å². The van der Waals surface area contributed by atoms with Crippen molar-refractivity contribution < 1.29 is 22.1 Å². The standard InChI is InChI=1S/C33H32F4N6O2/c1-32(2,22-8-5-4-6-9-22)31-38-28(40-45-31)25-20-43(19-21-10-12-23(13-11-21)33(35,36)37)29-24(27(25)44)18-26(34)30(39-29)42-15-7-14-41(3)16-17-42/h4-6,8-13,18,20H,7,14-17,19H2,1-3H3. The fourth-order valence-electron chi connectivity index (χ4n) is 5.60. The molecule has 1 saturated heterocycles. The molecule has 5 aromatic rings. The molecule has 234 valence electrons. The van der Waals surface area contributed by atoms with E-state index in [1.54, 1.807) is 4.57 Å². The van der Waals surface area contributed by atoms with E-state index in [0.717, 1.165) is 37.2 Å². The van der Waals surface area contributed by atoms with Crippen molar-refractivity contribution in [2.24, 2.45) is 0 Å². The SMILES string of the molecule is CN1CCCN(c2nc3c(cc2F)c(=O)c(-c2noc(C(C)(C)c4ccccc4)n2)cn3Cc2ccc(C(F)(F)F)cc2)CC1. The molecule has 1 fully saturated rings. The summed E-state index contributed by atoms with van der Waals surface area (Å²) in [7, 11) is 2.00. The van der Waals surface area contributed by atoms with Crippen LogP contribution in [0.4, 0.5) is 23.4 Å². The lowest BCUT2D eigenvalue weighted by atomic mass is 9.84. The number of halogens is 4. The number of anilines is 1. The fourth-order valence-corrected chi connectivity index (χ4v) is 5.60. The van der Waals surface area contributed by atoms with E-state index in [1.807, 2.05) is 56.1 Å². The van der Waals surface area contributed by atoms with Gasteiger partial charge in [0, 0.05) is 32.4 Å². The third kappa shape index (κ3) is 6.06. The largest absolute Gasteiger partial charge is 0.416 e. The van der Waals surface area contributed by atoms with Crippen molar-refractivity contribution in [3.63, 3.8) is 0 Å². The molecule has 3 aromatic heterocycles. The molecule has 0 aliphatic carbocycles. The molecule has 0 spiro atoms. The van der Waals surface area contributed by atoms with Gasteiger partial charge in [-0.2, -0.15) is 18.2 Å². The van der Waals surface area contributed by atoms with E-state index in [0.29, 0.717) is 18.7 Å². The molecule has 1 aliphatic heterocycles. The number of rotatable bonds is 6. The third-order valence-electron chi connectivity index (χ3n) is 8.33. The molecule has 0 amide bonds. The van der Waals surface area contributed by atoms with Crippen LogP contribution in [-0.4, -0.2) is 57.8 Å². The first-order chi connectivity index (χ1) is 21.4. The molecule has 0 atom stereocenters. The van der Waals surface area contributed by atoms with E-state index >= 15 is 4.39 Å². The van der Waals surface area contributed by atoms with Crippen LogP contribution in [0.2, 0.25) is 0 Å². The Morgan fingerprint density at radius 3 is 2.36 bits per heavy atom. The summed E-state index contributed by atoms with van der Waals surface area (Å²) in [6, 6.07) is 15.5. The van der Waals surface area contributed by atoms with Gasteiger partial charge in [-0.1, -0.05) is 47.6 Å². The minimum Gasteiger partial charge on any atom is -0.353 e. The molecule has 8 nitrogen and oxygen atoms in total. The summed E-state index contributed by atoms with van der Waals surface area (Å²) in [4.78, 5) is 27.1. The summed E-state index contributed by atoms with van der Waals surface area (Å²) >= 11 is 0. The van der Waals surface area contributed by atoms with Gasteiger partial charge in [-0.25, -0.2) is 9.37 Å². The Bertz CT molecular complexity index is 1880. The molecule has 45 heavy (non-hydrogen) atoms.